The molecule has 8 unspecified atom stereocenters. The molecule has 6 heteroatoms. The SMILES string of the molecule is CCC(C)CN1CCC23c4c5ccc(O)c4OC2C2(OC)CCC3(CC2C(C)(O)CCc2cccs2)C1C5. The largest absolute Gasteiger partial charge is 0.504 e. The van der Waals surface area contributed by atoms with E-state index in [-0.39, 0.29) is 28.6 Å². The number of phenols is 1. The number of methoxy groups -OCH3 is 1. The molecule has 1 aromatic carbocycles. The molecule has 2 spiro atoms. The quantitative estimate of drug-likeness (QED) is 0.453. The number of aliphatic hydroxyl groups is 1. The second kappa shape index (κ2) is 8.45. The fraction of sp³-hybridized carbons (Fsp3) is 0.688. The maximum Gasteiger partial charge on any atom is 0.165 e. The molecule has 1 saturated heterocycles. The van der Waals surface area contributed by atoms with Crippen molar-refractivity contribution in [2.75, 3.05) is 20.2 Å². The van der Waals surface area contributed by atoms with E-state index in [4.69, 9.17) is 9.47 Å². The van der Waals surface area contributed by atoms with Gasteiger partial charge in [-0.15, -0.1) is 11.3 Å². The van der Waals surface area contributed by atoms with E-state index in [9.17, 15) is 10.2 Å². The summed E-state index contributed by atoms with van der Waals surface area (Å²) in [5, 5.41) is 25.5. The Labute approximate surface area is 231 Å². The number of phenolic OH excluding ortho intramolecular Hbond substituents is 1. The van der Waals surface area contributed by atoms with E-state index < -0.39 is 11.2 Å². The van der Waals surface area contributed by atoms with Crippen molar-refractivity contribution in [1.29, 1.82) is 0 Å². The number of benzene rings is 1. The van der Waals surface area contributed by atoms with Gasteiger partial charge in [-0.25, -0.2) is 0 Å². The Kier molecular flexibility index (Phi) is 5.64. The van der Waals surface area contributed by atoms with Crippen molar-refractivity contribution in [1.82, 2.24) is 4.90 Å². The number of thiophene rings is 1. The van der Waals surface area contributed by atoms with E-state index in [0.29, 0.717) is 24.1 Å². The summed E-state index contributed by atoms with van der Waals surface area (Å²) in [7, 11) is 1.84. The molecule has 38 heavy (non-hydrogen) atoms. The van der Waals surface area contributed by atoms with Crippen molar-refractivity contribution in [3.8, 4) is 11.5 Å². The zero-order valence-electron chi connectivity index (χ0n) is 23.3. The molecule has 3 saturated carbocycles. The van der Waals surface area contributed by atoms with Crippen molar-refractivity contribution < 1.29 is 19.7 Å². The van der Waals surface area contributed by atoms with Gasteiger partial charge in [-0.1, -0.05) is 32.4 Å². The van der Waals surface area contributed by atoms with Crippen molar-refractivity contribution >= 4 is 11.3 Å². The first kappa shape index (κ1) is 25.4. The van der Waals surface area contributed by atoms with Crippen molar-refractivity contribution in [3.05, 3.63) is 45.6 Å². The first-order valence-electron chi connectivity index (χ1n) is 14.8. The van der Waals surface area contributed by atoms with Crippen LogP contribution in [0.5, 0.6) is 11.5 Å². The van der Waals surface area contributed by atoms with Gasteiger partial charge < -0.3 is 19.7 Å². The number of hydrogen-bond donors (Lipinski definition) is 2. The number of rotatable bonds is 8. The molecule has 2 aliphatic heterocycles. The third-order valence-corrected chi connectivity index (χ3v) is 12.9. The fourth-order valence-corrected chi connectivity index (χ4v) is 10.7. The van der Waals surface area contributed by atoms with Crippen LogP contribution in [0, 0.1) is 17.3 Å². The highest BCUT2D eigenvalue weighted by Crippen LogP contribution is 2.77. The molecule has 3 heterocycles. The van der Waals surface area contributed by atoms with Gasteiger partial charge in [0.15, 0.2) is 11.5 Å². The highest BCUT2D eigenvalue weighted by atomic mass is 32.1. The first-order chi connectivity index (χ1) is 18.2. The van der Waals surface area contributed by atoms with Gasteiger partial charge in [-0.3, -0.25) is 4.90 Å². The van der Waals surface area contributed by atoms with Crippen LogP contribution in [0.1, 0.15) is 75.3 Å². The summed E-state index contributed by atoms with van der Waals surface area (Å²) in [6.07, 6.45) is 7.56. The molecular weight excluding hydrogens is 494 g/mol. The third kappa shape index (κ3) is 3.04. The standard InChI is InChI=1S/C32H43NO4S/c1-5-20(2)19-33-15-14-31-26-21-8-9-23(34)27(26)37-28(31)32(36-4)13-12-30(31,25(33)17-21)18-24(32)29(3,35)11-10-22-7-6-16-38-22/h6-9,16,20,24-25,28,34-35H,5,10-15,17-19H2,1-4H3. The van der Waals surface area contributed by atoms with Gasteiger partial charge in [0.1, 0.15) is 11.7 Å². The lowest BCUT2D eigenvalue weighted by Crippen LogP contribution is -2.82. The summed E-state index contributed by atoms with van der Waals surface area (Å²) in [4.78, 5) is 4.12. The van der Waals surface area contributed by atoms with E-state index in [1.165, 1.54) is 22.4 Å². The monoisotopic (exact) mass is 537 g/mol. The maximum atomic E-state index is 12.3. The van der Waals surface area contributed by atoms with E-state index >= 15 is 0 Å². The Hall–Kier alpha value is -1.60. The second-order valence-electron chi connectivity index (χ2n) is 13.4. The zero-order valence-corrected chi connectivity index (χ0v) is 24.2. The number of likely N-dealkylation sites (tertiary alicyclic amines) is 1. The van der Waals surface area contributed by atoms with Crippen LogP contribution in [0.15, 0.2) is 29.6 Å². The smallest absolute Gasteiger partial charge is 0.165 e. The highest BCUT2D eigenvalue weighted by molar-refractivity contribution is 7.09. The number of nitrogens with zero attached hydrogens (tertiary/aromatic N) is 1. The van der Waals surface area contributed by atoms with Crippen LogP contribution in [0.3, 0.4) is 0 Å². The van der Waals surface area contributed by atoms with Gasteiger partial charge in [-0.2, -0.15) is 0 Å². The molecule has 8 rings (SSSR count). The zero-order chi connectivity index (χ0) is 26.5. The number of aryl methyl sites for hydroxylation is 1. The number of fused-ring (bicyclic) bond motifs is 2. The number of hydrogen-bond acceptors (Lipinski definition) is 6. The molecule has 0 amide bonds. The van der Waals surface area contributed by atoms with E-state index in [1.807, 2.05) is 13.2 Å². The van der Waals surface area contributed by atoms with Gasteiger partial charge in [0.2, 0.25) is 0 Å². The molecule has 4 bridgehead atoms. The van der Waals surface area contributed by atoms with Crippen molar-refractivity contribution in [2.24, 2.45) is 17.3 Å². The summed E-state index contributed by atoms with van der Waals surface area (Å²) < 4.78 is 13.6. The summed E-state index contributed by atoms with van der Waals surface area (Å²) in [6, 6.07) is 8.69. The molecule has 206 valence electrons. The maximum absolute atomic E-state index is 12.3. The van der Waals surface area contributed by atoms with E-state index in [2.05, 4.69) is 49.3 Å². The normalized spacial score (nSPS) is 38.9. The second-order valence-corrected chi connectivity index (χ2v) is 14.4. The lowest BCUT2D eigenvalue weighted by atomic mass is 9.33. The minimum absolute atomic E-state index is 0.00723. The molecule has 5 nitrogen and oxygen atoms in total. The van der Waals surface area contributed by atoms with E-state index in [1.54, 1.807) is 11.3 Å². The Morgan fingerprint density at radius 2 is 2.11 bits per heavy atom. The molecule has 2 aromatic rings. The average Bonchev–Trinajstić information content (AvgIpc) is 3.57. The minimum Gasteiger partial charge on any atom is -0.504 e. The molecule has 2 N–H and O–H groups in total. The van der Waals surface area contributed by atoms with Crippen LogP contribution in [0.2, 0.25) is 0 Å². The Morgan fingerprint density at radius 3 is 2.84 bits per heavy atom. The lowest BCUT2D eigenvalue weighted by molar-refractivity contribution is -0.303. The number of aromatic hydroxyl groups is 1. The molecule has 4 fully saturated rings. The average molecular weight is 538 g/mol. The molecule has 0 radical (unpaired) electrons. The summed E-state index contributed by atoms with van der Waals surface area (Å²) in [5.74, 6) is 1.58. The van der Waals surface area contributed by atoms with Gasteiger partial charge in [0, 0.05) is 46.9 Å². The topological polar surface area (TPSA) is 62.2 Å². The van der Waals surface area contributed by atoms with Crippen LogP contribution in [0.25, 0.3) is 0 Å². The van der Waals surface area contributed by atoms with Gasteiger partial charge in [0.25, 0.3) is 0 Å². The fourth-order valence-electron chi connectivity index (χ4n) is 10.0. The summed E-state index contributed by atoms with van der Waals surface area (Å²) >= 11 is 1.77. The lowest BCUT2D eigenvalue weighted by Gasteiger charge is -2.75. The third-order valence-electron chi connectivity index (χ3n) is 11.9. The number of ether oxygens (including phenoxy) is 2. The minimum atomic E-state index is -0.884. The Balaban J connectivity index is 1.37. The molecule has 6 aliphatic rings. The molecule has 1 aromatic heterocycles. The Morgan fingerprint density at radius 1 is 1.26 bits per heavy atom. The van der Waals surface area contributed by atoms with Crippen LogP contribution >= 0.6 is 11.3 Å². The predicted octanol–water partition coefficient (Wildman–Crippen LogP) is 5.70. The highest BCUT2D eigenvalue weighted by Gasteiger charge is 2.81. The van der Waals surface area contributed by atoms with Crippen LogP contribution in [-0.4, -0.2) is 58.7 Å². The first-order valence-corrected chi connectivity index (χ1v) is 15.7. The van der Waals surface area contributed by atoms with Gasteiger partial charge in [-0.05, 0) is 87.4 Å². The van der Waals surface area contributed by atoms with Crippen LogP contribution in [0.4, 0.5) is 0 Å². The van der Waals surface area contributed by atoms with Crippen molar-refractivity contribution in [3.63, 3.8) is 0 Å². The Bertz CT molecular complexity index is 1230. The molecule has 8 atom stereocenters. The summed E-state index contributed by atoms with van der Waals surface area (Å²) in [5.41, 5.74) is 1.01. The number of piperidine rings is 1. The van der Waals surface area contributed by atoms with E-state index in [0.717, 1.165) is 51.6 Å². The summed E-state index contributed by atoms with van der Waals surface area (Å²) in [6.45, 7) is 8.92. The van der Waals surface area contributed by atoms with Crippen LogP contribution in [-0.2, 0) is 23.0 Å². The molecular formula is C32H43NO4S. The van der Waals surface area contributed by atoms with Gasteiger partial charge >= 0.3 is 0 Å². The van der Waals surface area contributed by atoms with Crippen molar-refractivity contribution in [2.45, 2.75) is 101 Å². The predicted molar refractivity (Wildman–Crippen MR) is 150 cm³/mol. The van der Waals surface area contributed by atoms with Crippen LogP contribution < -0.4 is 4.74 Å². The molecule has 4 aliphatic carbocycles. The van der Waals surface area contributed by atoms with Gasteiger partial charge in [0.05, 0.1) is 5.60 Å².